The molecule has 0 spiro atoms. The molecule has 2 fully saturated rings. The van der Waals surface area contributed by atoms with E-state index in [-0.39, 0.29) is 11.9 Å². The molecule has 0 unspecified atom stereocenters. The molecule has 0 saturated carbocycles. The maximum Gasteiger partial charge on any atom is 0.241 e. The van der Waals surface area contributed by atoms with Crippen molar-refractivity contribution in [2.24, 2.45) is 0 Å². The van der Waals surface area contributed by atoms with Crippen molar-refractivity contribution in [2.75, 3.05) is 36.4 Å². The standard InChI is InChI=1S/C20H31N3O/c1-17(22-13-5-2-3-6-14-22)20(24)21-18-9-11-19(12-10-18)23-15-7-4-8-16-23/h9-12,17H,2-8,13-16H2,1H3,(H,21,24)/t17-/m0/s1. The van der Waals surface area contributed by atoms with E-state index in [1.807, 2.05) is 19.1 Å². The second-order valence-corrected chi connectivity index (χ2v) is 7.21. The largest absolute Gasteiger partial charge is 0.372 e. The summed E-state index contributed by atoms with van der Waals surface area (Å²) in [5.74, 6) is 0.114. The Hall–Kier alpha value is -1.55. The summed E-state index contributed by atoms with van der Waals surface area (Å²) in [5, 5.41) is 3.09. The molecule has 4 heteroatoms. The van der Waals surface area contributed by atoms with E-state index in [1.165, 1.54) is 50.6 Å². The van der Waals surface area contributed by atoms with Gasteiger partial charge in [0.05, 0.1) is 6.04 Å². The molecule has 0 radical (unpaired) electrons. The summed E-state index contributed by atoms with van der Waals surface area (Å²) in [6.07, 6.45) is 8.92. The molecule has 1 N–H and O–H groups in total. The maximum atomic E-state index is 12.5. The topological polar surface area (TPSA) is 35.6 Å². The molecule has 1 aromatic carbocycles. The molecule has 0 bridgehead atoms. The molecule has 2 saturated heterocycles. The highest BCUT2D eigenvalue weighted by Gasteiger charge is 2.22. The molecule has 4 nitrogen and oxygen atoms in total. The number of piperidine rings is 1. The van der Waals surface area contributed by atoms with Gasteiger partial charge < -0.3 is 10.2 Å². The number of hydrogen-bond donors (Lipinski definition) is 1. The van der Waals surface area contributed by atoms with Crippen LogP contribution in [0.4, 0.5) is 11.4 Å². The van der Waals surface area contributed by atoms with Crippen LogP contribution in [0.1, 0.15) is 51.9 Å². The highest BCUT2D eigenvalue weighted by molar-refractivity contribution is 5.94. The van der Waals surface area contributed by atoms with Crippen molar-refractivity contribution in [3.63, 3.8) is 0 Å². The van der Waals surface area contributed by atoms with E-state index in [9.17, 15) is 4.79 Å². The monoisotopic (exact) mass is 329 g/mol. The Morgan fingerprint density at radius 1 is 0.875 bits per heavy atom. The van der Waals surface area contributed by atoms with Crippen LogP contribution in [0.3, 0.4) is 0 Å². The van der Waals surface area contributed by atoms with Crippen molar-refractivity contribution in [3.05, 3.63) is 24.3 Å². The van der Waals surface area contributed by atoms with E-state index in [0.717, 1.165) is 31.9 Å². The van der Waals surface area contributed by atoms with Crippen LogP contribution >= 0.6 is 0 Å². The van der Waals surface area contributed by atoms with Crippen molar-refractivity contribution in [1.29, 1.82) is 0 Å². The summed E-state index contributed by atoms with van der Waals surface area (Å²) in [6.45, 7) is 6.42. The van der Waals surface area contributed by atoms with Crippen molar-refractivity contribution >= 4 is 17.3 Å². The number of amides is 1. The second kappa shape index (κ2) is 8.52. The number of carbonyl (C=O) groups is 1. The van der Waals surface area contributed by atoms with Crippen LogP contribution < -0.4 is 10.2 Å². The quantitative estimate of drug-likeness (QED) is 0.910. The number of nitrogens with one attached hydrogen (secondary N) is 1. The van der Waals surface area contributed by atoms with Gasteiger partial charge in [-0.15, -0.1) is 0 Å². The summed E-state index contributed by atoms with van der Waals surface area (Å²) in [7, 11) is 0. The zero-order valence-electron chi connectivity index (χ0n) is 15.0. The second-order valence-electron chi connectivity index (χ2n) is 7.21. The van der Waals surface area contributed by atoms with Crippen molar-refractivity contribution in [3.8, 4) is 0 Å². The highest BCUT2D eigenvalue weighted by Crippen LogP contribution is 2.22. The molecule has 1 atom stereocenters. The van der Waals surface area contributed by atoms with E-state index in [1.54, 1.807) is 0 Å². The van der Waals surface area contributed by atoms with Gasteiger partial charge in [-0.05, 0) is 76.4 Å². The molecule has 2 heterocycles. The predicted octanol–water partition coefficient (Wildman–Crippen LogP) is 3.88. The minimum atomic E-state index is -0.0510. The summed E-state index contributed by atoms with van der Waals surface area (Å²) < 4.78 is 0. The molecule has 24 heavy (non-hydrogen) atoms. The van der Waals surface area contributed by atoms with Gasteiger partial charge >= 0.3 is 0 Å². The van der Waals surface area contributed by atoms with Gasteiger partial charge in [-0.25, -0.2) is 0 Å². The number of hydrogen-bond acceptors (Lipinski definition) is 3. The normalized spacial score (nSPS) is 21.1. The van der Waals surface area contributed by atoms with Crippen LogP contribution in [0.5, 0.6) is 0 Å². The zero-order chi connectivity index (χ0) is 16.8. The summed E-state index contributed by atoms with van der Waals surface area (Å²) in [6, 6.07) is 8.30. The number of benzene rings is 1. The zero-order valence-corrected chi connectivity index (χ0v) is 15.0. The smallest absolute Gasteiger partial charge is 0.241 e. The number of likely N-dealkylation sites (tertiary alicyclic amines) is 1. The Balaban J connectivity index is 1.55. The molecule has 1 amide bonds. The van der Waals surface area contributed by atoms with E-state index < -0.39 is 0 Å². The molecule has 0 aliphatic carbocycles. The third-order valence-electron chi connectivity index (χ3n) is 5.42. The summed E-state index contributed by atoms with van der Waals surface area (Å²) in [5.41, 5.74) is 2.18. The molecular weight excluding hydrogens is 298 g/mol. The maximum absolute atomic E-state index is 12.5. The van der Waals surface area contributed by atoms with Crippen LogP contribution in [0.15, 0.2) is 24.3 Å². The molecule has 0 aromatic heterocycles. The third kappa shape index (κ3) is 4.50. The molecular formula is C20H31N3O. The Morgan fingerprint density at radius 3 is 2.04 bits per heavy atom. The van der Waals surface area contributed by atoms with E-state index in [4.69, 9.17) is 0 Å². The van der Waals surface area contributed by atoms with Crippen LogP contribution in [0.2, 0.25) is 0 Å². The number of rotatable bonds is 4. The van der Waals surface area contributed by atoms with Gasteiger partial charge in [0.2, 0.25) is 5.91 Å². The van der Waals surface area contributed by atoms with Crippen LogP contribution in [0.25, 0.3) is 0 Å². The predicted molar refractivity (Wildman–Crippen MR) is 101 cm³/mol. The van der Waals surface area contributed by atoms with Gasteiger partial charge in [0.25, 0.3) is 0 Å². The van der Waals surface area contributed by atoms with Gasteiger partial charge in [-0.3, -0.25) is 9.69 Å². The molecule has 2 aliphatic rings. The first kappa shape index (κ1) is 17.3. The fraction of sp³-hybridized carbons (Fsp3) is 0.650. The minimum absolute atomic E-state index is 0.0510. The van der Waals surface area contributed by atoms with Crippen LogP contribution in [-0.2, 0) is 4.79 Å². The Labute approximate surface area is 146 Å². The van der Waals surface area contributed by atoms with Gasteiger partial charge in [-0.1, -0.05) is 12.8 Å². The Kier molecular flexibility index (Phi) is 6.13. The molecule has 2 aliphatic heterocycles. The summed E-state index contributed by atoms with van der Waals surface area (Å²) >= 11 is 0. The Morgan fingerprint density at radius 2 is 1.42 bits per heavy atom. The minimum Gasteiger partial charge on any atom is -0.372 e. The van der Waals surface area contributed by atoms with Crippen LogP contribution in [-0.4, -0.2) is 43.0 Å². The van der Waals surface area contributed by atoms with Crippen molar-refractivity contribution in [2.45, 2.75) is 57.9 Å². The fourth-order valence-corrected chi connectivity index (χ4v) is 3.80. The number of nitrogens with zero attached hydrogens (tertiary/aromatic N) is 2. The molecule has 132 valence electrons. The van der Waals surface area contributed by atoms with Gasteiger partial charge in [0.1, 0.15) is 0 Å². The first-order chi connectivity index (χ1) is 11.7. The molecule has 3 rings (SSSR count). The average Bonchev–Trinajstić information content (AvgIpc) is 2.92. The van der Waals surface area contributed by atoms with E-state index in [2.05, 4.69) is 27.2 Å². The number of carbonyl (C=O) groups excluding carboxylic acids is 1. The van der Waals surface area contributed by atoms with Crippen LogP contribution in [0, 0.1) is 0 Å². The Bertz CT molecular complexity index is 514. The van der Waals surface area contributed by atoms with Gasteiger partial charge in [0.15, 0.2) is 0 Å². The summed E-state index contributed by atoms with van der Waals surface area (Å²) in [4.78, 5) is 17.3. The lowest BCUT2D eigenvalue weighted by molar-refractivity contribution is -0.120. The first-order valence-electron chi connectivity index (χ1n) is 9.64. The SMILES string of the molecule is C[C@@H](C(=O)Nc1ccc(N2CCCCC2)cc1)N1CCCCCC1. The fourth-order valence-electron chi connectivity index (χ4n) is 3.80. The average molecular weight is 329 g/mol. The lowest BCUT2D eigenvalue weighted by Gasteiger charge is -2.29. The highest BCUT2D eigenvalue weighted by atomic mass is 16.2. The lowest BCUT2D eigenvalue weighted by Crippen LogP contribution is -2.42. The van der Waals surface area contributed by atoms with Crippen molar-refractivity contribution < 1.29 is 4.79 Å². The van der Waals surface area contributed by atoms with Gasteiger partial charge in [-0.2, -0.15) is 0 Å². The van der Waals surface area contributed by atoms with Gasteiger partial charge in [0, 0.05) is 24.5 Å². The molecule has 1 aromatic rings. The number of anilines is 2. The van der Waals surface area contributed by atoms with E-state index in [0.29, 0.717) is 0 Å². The third-order valence-corrected chi connectivity index (χ3v) is 5.42. The van der Waals surface area contributed by atoms with E-state index >= 15 is 0 Å². The van der Waals surface area contributed by atoms with Crippen molar-refractivity contribution in [1.82, 2.24) is 4.90 Å². The lowest BCUT2D eigenvalue weighted by atomic mass is 10.1. The first-order valence-corrected chi connectivity index (χ1v) is 9.64.